The predicted octanol–water partition coefficient (Wildman–Crippen LogP) is 2.29. The number of hydrogen-bond donors (Lipinski definition) is 1. The van der Waals surface area contributed by atoms with Crippen LogP contribution >= 0.6 is 0 Å². The molecule has 1 atom stereocenters. The van der Waals surface area contributed by atoms with E-state index in [1.165, 1.54) is 24.8 Å². The van der Waals surface area contributed by atoms with E-state index in [1.807, 2.05) is 6.07 Å². The van der Waals surface area contributed by atoms with Gasteiger partial charge >= 0.3 is 0 Å². The van der Waals surface area contributed by atoms with E-state index in [-0.39, 0.29) is 0 Å². The Morgan fingerprint density at radius 1 is 1.18 bits per heavy atom. The largest absolute Gasteiger partial charge is 0.338 e. The van der Waals surface area contributed by atoms with Gasteiger partial charge in [0.25, 0.3) is 0 Å². The Hall–Kier alpha value is -1.51. The van der Waals surface area contributed by atoms with E-state index in [9.17, 15) is 0 Å². The van der Waals surface area contributed by atoms with Crippen molar-refractivity contribution in [2.75, 3.05) is 13.1 Å². The van der Waals surface area contributed by atoms with Crippen LogP contribution in [0.3, 0.4) is 0 Å². The maximum atomic E-state index is 8.23. The van der Waals surface area contributed by atoms with Gasteiger partial charge in [0.1, 0.15) is 0 Å². The van der Waals surface area contributed by atoms with Crippen LogP contribution in [-0.2, 0) is 6.54 Å². The molecule has 2 fully saturated rings. The standard InChI is InChI=1S/C14H19N3/c15-14-16(10-12-6-2-1-3-7-12)11-13-8-4-5-9-17(13)14/h1-3,6-7,13,15H,4-5,8-11H2/t13-/m0/s1. The second-order valence-electron chi connectivity index (χ2n) is 5.03. The first-order chi connectivity index (χ1) is 8.34. The minimum absolute atomic E-state index is 0.597. The van der Waals surface area contributed by atoms with Gasteiger partial charge in [-0.05, 0) is 24.8 Å². The van der Waals surface area contributed by atoms with Gasteiger partial charge in [-0.15, -0.1) is 0 Å². The summed E-state index contributed by atoms with van der Waals surface area (Å²) in [5, 5.41) is 8.23. The zero-order chi connectivity index (χ0) is 11.7. The van der Waals surface area contributed by atoms with E-state index in [1.54, 1.807) is 0 Å². The number of nitrogens with zero attached hydrogens (tertiary/aromatic N) is 2. The van der Waals surface area contributed by atoms with Gasteiger partial charge in [-0.1, -0.05) is 30.3 Å². The van der Waals surface area contributed by atoms with E-state index in [2.05, 4.69) is 34.1 Å². The molecule has 1 aromatic carbocycles. The SMILES string of the molecule is N=C1N(Cc2ccccc2)C[C@@H]2CCCCN12. The summed E-state index contributed by atoms with van der Waals surface area (Å²) >= 11 is 0. The number of nitrogens with one attached hydrogen (secondary N) is 1. The summed E-state index contributed by atoms with van der Waals surface area (Å²) in [4.78, 5) is 4.50. The summed E-state index contributed by atoms with van der Waals surface area (Å²) in [5.41, 5.74) is 1.30. The van der Waals surface area contributed by atoms with Crippen LogP contribution in [0.1, 0.15) is 24.8 Å². The summed E-state index contributed by atoms with van der Waals surface area (Å²) in [5.74, 6) is 0.735. The molecule has 0 saturated carbocycles. The summed E-state index contributed by atoms with van der Waals surface area (Å²) in [6.07, 6.45) is 3.83. The summed E-state index contributed by atoms with van der Waals surface area (Å²) < 4.78 is 0. The molecule has 2 heterocycles. The van der Waals surface area contributed by atoms with E-state index in [0.29, 0.717) is 6.04 Å². The van der Waals surface area contributed by atoms with Gasteiger partial charge in [0, 0.05) is 25.7 Å². The van der Waals surface area contributed by atoms with Crippen LogP contribution in [0, 0.1) is 5.41 Å². The molecule has 0 spiro atoms. The number of piperidine rings is 1. The fraction of sp³-hybridized carbons (Fsp3) is 0.500. The van der Waals surface area contributed by atoms with Crippen molar-refractivity contribution in [1.82, 2.24) is 9.80 Å². The van der Waals surface area contributed by atoms with Crippen LogP contribution in [0.5, 0.6) is 0 Å². The van der Waals surface area contributed by atoms with Crippen LogP contribution in [0.4, 0.5) is 0 Å². The lowest BCUT2D eigenvalue weighted by Crippen LogP contribution is -2.38. The Morgan fingerprint density at radius 2 is 2.00 bits per heavy atom. The third-order valence-corrected chi connectivity index (χ3v) is 3.85. The number of rotatable bonds is 2. The lowest BCUT2D eigenvalue weighted by molar-refractivity contribution is 0.267. The zero-order valence-corrected chi connectivity index (χ0v) is 10.1. The van der Waals surface area contributed by atoms with E-state index < -0.39 is 0 Å². The molecule has 1 aromatic rings. The Morgan fingerprint density at radius 3 is 2.76 bits per heavy atom. The van der Waals surface area contributed by atoms with Gasteiger partial charge in [-0.3, -0.25) is 5.41 Å². The van der Waals surface area contributed by atoms with Crippen LogP contribution in [-0.4, -0.2) is 34.9 Å². The molecule has 17 heavy (non-hydrogen) atoms. The van der Waals surface area contributed by atoms with Crippen molar-refractivity contribution in [1.29, 1.82) is 5.41 Å². The molecule has 0 bridgehead atoms. The smallest absolute Gasteiger partial charge is 0.194 e. The second kappa shape index (κ2) is 4.40. The van der Waals surface area contributed by atoms with Gasteiger partial charge in [0.2, 0.25) is 0 Å². The van der Waals surface area contributed by atoms with Gasteiger partial charge in [0.15, 0.2) is 5.96 Å². The van der Waals surface area contributed by atoms with Crippen LogP contribution < -0.4 is 0 Å². The molecule has 2 aliphatic heterocycles. The summed E-state index contributed by atoms with van der Waals surface area (Å²) in [7, 11) is 0. The fourth-order valence-electron chi connectivity index (χ4n) is 2.93. The first kappa shape index (κ1) is 10.6. The highest BCUT2D eigenvalue weighted by Crippen LogP contribution is 2.25. The molecule has 3 heteroatoms. The van der Waals surface area contributed by atoms with Crippen molar-refractivity contribution in [2.45, 2.75) is 31.8 Å². The highest BCUT2D eigenvalue weighted by atomic mass is 15.4. The fourth-order valence-corrected chi connectivity index (χ4v) is 2.93. The molecule has 0 amide bonds. The second-order valence-corrected chi connectivity index (χ2v) is 5.03. The first-order valence-corrected chi connectivity index (χ1v) is 6.48. The minimum Gasteiger partial charge on any atom is -0.338 e. The molecule has 1 N–H and O–H groups in total. The normalized spacial score (nSPS) is 24.0. The van der Waals surface area contributed by atoms with Gasteiger partial charge in [-0.2, -0.15) is 0 Å². The van der Waals surface area contributed by atoms with Crippen molar-refractivity contribution in [3.05, 3.63) is 35.9 Å². The Balaban J connectivity index is 1.71. The topological polar surface area (TPSA) is 30.3 Å². The lowest BCUT2D eigenvalue weighted by Gasteiger charge is -2.29. The third-order valence-electron chi connectivity index (χ3n) is 3.85. The van der Waals surface area contributed by atoms with Gasteiger partial charge in [-0.25, -0.2) is 0 Å². The monoisotopic (exact) mass is 229 g/mol. The predicted molar refractivity (Wildman–Crippen MR) is 68.9 cm³/mol. The van der Waals surface area contributed by atoms with E-state index in [4.69, 9.17) is 5.41 Å². The molecule has 0 radical (unpaired) electrons. The van der Waals surface area contributed by atoms with Crippen LogP contribution in [0.2, 0.25) is 0 Å². The molecule has 0 aliphatic carbocycles. The molecule has 3 nitrogen and oxygen atoms in total. The molecular weight excluding hydrogens is 210 g/mol. The number of benzene rings is 1. The zero-order valence-electron chi connectivity index (χ0n) is 10.1. The highest BCUT2D eigenvalue weighted by molar-refractivity contribution is 5.79. The number of fused-ring (bicyclic) bond motifs is 1. The quantitative estimate of drug-likeness (QED) is 0.843. The Labute approximate surface area is 103 Å². The number of hydrogen-bond acceptors (Lipinski definition) is 1. The average Bonchev–Trinajstić information content (AvgIpc) is 2.68. The molecule has 90 valence electrons. The Kier molecular flexibility index (Phi) is 2.75. The van der Waals surface area contributed by atoms with Gasteiger partial charge in [0.05, 0.1) is 0 Å². The van der Waals surface area contributed by atoms with E-state index in [0.717, 1.165) is 25.6 Å². The molecule has 3 rings (SSSR count). The summed E-state index contributed by atoms with van der Waals surface area (Å²) in [6, 6.07) is 11.1. The lowest BCUT2D eigenvalue weighted by atomic mass is 10.0. The van der Waals surface area contributed by atoms with Crippen molar-refractivity contribution in [3.63, 3.8) is 0 Å². The van der Waals surface area contributed by atoms with Crippen LogP contribution in [0.25, 0.3) is 0 Å². The number of guanidine groups is 1. The maximum Gasteiger partial charge on any atom is 0.194 e. The Bertz CT molecular complexity index is 401. The van der Waals surface area contributed by atoms with Crippen molar-refractivity contribution >= 4 is 5.96 Å². The van der Waals surface area contributed by atoms with Gasteiger partial charge < -0.3 is 9.80 Å². The minimum atomic E-state index is 0.597. The summed E-state index contributed by atoms with van der Waals surface area (Å²) in [6.45, 7) is 3.00. The van der Waals surface area contributed by atoms with E-state index >= 15 is 0 Å². The molecule has 2 saturated heterocycles. The molecule has 0 aromatic heterocycles. The molecule has 2 aliphatic rings. The van der Waals surface area contributed by atoms with Crippen molar-refractivity contribution < 1.29 is 0 Å². The van der Waals surface area contributed by atoms with Crippen molar-refractivity contribution in [2.24, 2.45) is 0 Å². The molecular formula is C14H19N3. The first-order valence-electron chi connectivity index (χ1n) is 6.48. The maximum absolute atomic E-state index is 8.23. The third kappa shape index (κ3) is 2.02. The van der Waals surface area contributed by atoms with Crippen LogP contribution in [0.15, 0.2) is 30.3 Å². The van der Waals surface area contributed by atoms with Crippen molar-refractivity contribution in [3.8, 4) is 0 Å². The molecule has 0 unspecified atom stereocenters. The highest BCUT2D eigenvalue weighted by Gasteiger charge is 2.35. The average molecular weight is 229 g/mol.